The van der Waals surface area contributed by atoms with Crippen molar-refractivity contribution in [2.45, 2.75) is 25.8 Å². The highest BCUT2D eigenvalue weighted by atomic mass is 35.5. The molecule has 1 aliphatic heterocycles. The minimum atomic E-state index is 0.298. The molecule has 5 nitrogen and oxygen atoms in total. The average Bonchev–Trinajstić information content (AvgIpc) is 2.96. The van der Waals surface area contributed by atoms with Crippen molar-refractivity contribution in [2.24, 2.45) is 0 Å². The van der Waals surface area contributed by atoms with E-state index in [2.05, 4.69) is 21.2 Å². The standard InChI is InChI=1S/C10H14ClN3O2S/c1-3-7(4-8-5-15-6-16-8)14(2)10-12-9(11)13-17-10/h5,7H,3-4,6H2,1-2H3. The van der Waals surface area contributed by atoms with Crippen LogP contribution in [-0.2, 0) is 9.47 Å². The Morgan fingerprint density at radius 2 is 2.47 bits per heavy atom. The number of hydrogen-bond donors (Lipinski definition) is 0. The Morgan fingerprint density at radius 3 is 3.00 bits per heavy atom. The van der Waals surface area contributed by atoms with Gasteiger partial charge in [0.25, 0.3) is 0 Å². The summed E-state index contributed by atoms with van der Waals surface area (Å²) >= 11 is 7.03. The summed E-state index contributed by atoms with van der Waals surface area (Å²) in [5.74, 6) is 0.874. The Hall–Kier alpha value is -1.01. The molecular weight excluding hydrogens is 262 g/mol. The highest BCUT2D eigenvalue weighted by Crippen LogP contribution is 2.25. The van der Waals surface area contributed by atoms with E-state index >= 15 is 0 Å². The van der Waals surface area contributed by atoms with Crippen LogP contribution >= 0.6 is 23.1 Å². The van der Waals surface area contributed by atoms with Gasteiger partial charge in [-0.05, 0) is 18.0 Å². The fourth-order valence-electron chi connectivity index (χ4n) is 1.66. The van der Waals surface area contributed by atoms with Gasteiger partial charge in [-0.25, -0.2) is 0 Å². The molecule has 1 aliphatic rings. The molecule has 0 aromatic carbocycles. The molecule has 1 aromatic rings. The van der Waals surface area contributed by atoms with E-state index in [0.717, 1.165) is 23.7 Å². The second-order valence-corrected chi connectivity index (χ2v) is 4.80. The first-order chi connectivity index (χ1) is 8.20. The fourth-order valence-corrected chi connectivity index (χ4v) is 2.50. The summed E-state index contributed by atoms with van der Waals surface area (Å²) in [5, 5.41) is 1.12. The third-order valence-electron chi connectivity index (χ3n) is 2.68. The Labute approximate surface area is 109 Å². The van der Waals surface area contributed by atoms with Crippen molar-refractivity contribution < 1.29 is 9.47 Å². The maximum absolute atomic E-state index is 5.73. The zero-order valence-corrected chi connectivity index (χ0v) is 11.3. The number of hydrogen-bond acceptors (Lipinski definition) is 6. The van der Waals surface area contributed by atoms with Gasteiger partial charge in [-0.3, -0.25) is 0 Å². The second kappa shape index (κ2) is 5.55. The van der Waals surface area contributed by atoms with Crippen molar-refractivity contribution in [3.05, 3.63) is 17.3 Å². The third-order valence-corrected chi connectivity index (χ3v) is 3.75. The van der Waals surface area contributed by atoms with E-state index in [1.54, 1.807) is 6.26 Å². The van der Waals surface area contributed by atoms with Crippen molar-refractivity contribution in [1.29, 1.82) is 0 Å². The van der Waals surface area contributed by atoms with Crippen LogP contribution < -0.4 is 4.90 Å². The molecule has 0 saturated carbocycles. The zero-order chi connectivity index (χ0) is 12.3. The quantitative estimate of drug-likeness (QED) is 0.827. The zero-order valence-electron chi connectivity index (χ0n) is 9.72. The number of halogens is 1. The molecule has 0 amide bonds. The van der Waals surface area contributed by atoms with E-state index in [0.29, 0.717) is 18.1 Å². The van der Waals surface area contributed by atoms with Crippen molar-refractivity contribution >= 4 is 28.3 Å². The molecule has 1 atom stereocenters. The molecular formula is C10H14ClN3O2S. The first kappa shape index (κ1) is 12.4. The molecule has 1 aromatic heterocycles. The normalized spacial score (nSPS) is 16.1. The number of ether oxygens (including phenoxy) is 2. The van der Waals surface area contributed by atoms with Crippen LogP contribution in [0.1, 0.15) is 19.8 Å². The van der Waals surface area contributed by atoms with Crippen LogP contribution in [0.4, 0.5) is 5.13 Å². The van der Waals surface area contributed by atoms with E-state index in [9.17, 15) is 0 Å². The minimum absolute atomic E-state index is 0.298. The molecule has 0 spiro atoms. The molecule has 0 saturated heterocycles. The first-order valence-electron chi connectivity index (χ1n) is 5.36. The van der Waals surface area contributed by atoms with E-state index in [4.69, 9.17) is 21.1 Å². The van der Waals surface area contributed by atoms with Gasteiger partial charge in [0.1, 0.15) is 12.0 Å². The Bertz CT molecular complexity index is 410. The van der Waals surface area contributed by atoms with Crippen LogP contribution in [-0.4, -0.2) is 29.2 Å². The van der Waals surface area contributed by atoms with Crippen molar-refractivity contribution in [1.82, 2.24) is 9.36 Å². The summed E-state index contributed by atoms with van der Waals surface area (Å²) in [6.45, 7) is 2.44. The van der Waals surface area contributed by atoms with Crippen LogP contribution in [0.3, 0.4) is 0 Å². The Morgan fingerprint density at radius 1 is 1.65 bits per heavy atom. The largest absolute Gasteiger partial charge is 0.462 e. The topological polar surface area (TPSA) is 47.5 Å². The molecule has 0 aliphatic carbocycles. The van der Waals surface area contributed by atoms with Gasteiger partial charge in [0, 0.05) is 31.0 Å². The van der Waals surface area contributed by atoms with E-state index in [-0.39, 0.29) is 0 Å². The first-order valence-corrected chi connectivity index (χ1v) is 6.51. The molecule has 94 valence electrons. The summed E-state index contributed by atoms with van der Waals surface area (Å²) in [5.41, 5.74) is 0. The summed E-state index contributed by atoms with van der Waals surface area (Å²) in [6.07, 6.45) is 3.45. The Kier molecular flexibility index (Phi) is 4.06. The van der Waals surface area contributed by atoms with Crippen molar-refractivity contribution in [3.8, 4) is 0 Å². The lowest BCUT2D eigenvalue weighted by molar-refractivity contribution is 0.0768. The molecule has 0 bridgehead atoms. The molecule has 17 heavy (non-hydrogen) atoms. The van der Waals surface area contributed by atoms with Gasteiger partial charge in [-0.2, -0.15) is 9.36 Å². The predicted octanol–water partition coefficient (Wildman–Crippen LogP) is 2.64. The molecule has 7 heteroatoms. The number of rotatable bonds is 5. The van der Waals surface area contributed by atoms with E-state index in [1.165, 1.54) is 11.5 Å². The maximum Gasteiger partial charge on any atom is 0.236 e. The summed E-state index contributed by atoms with van der Waals surface area (Å²) in [7, 11) is 1.99. The van der Waals surface area contributed by atoms with E-state index in [1.807, 2.05) is 7.05 Å². The van der Waals surface area contributed by atoms with Crippen molar-refractivity contribution in [2.75, 3.05) is 18.7 Å². The fraction of sp³-hybridized carbons (Fsp3) is 0.600. The molecule has 0 radical (unpaired) electrons. The molecule has 0 fully saturated rings. The average molecular weight is 276 g/mol. The van der Waals surface area contributed by atoms with Crippen LogP contribution in [0.5, 0.6) is 0 Å². The summed E-state index contributed by atoms with van der Waals surface area (Å²) in [4.78, 5) is 6.24. The lowest BCUT2D eigenvalue weighted by Gasteiger charge is -2.26. The number of nitrogens with zero attached hydrogens (tertiary/aromatic N) is 3. The van der Waals surface area contributed by atoms with Gasteiger partial charge in [0.05, 0.1) is 0 Å². The predicted molar refractivity (Wildman–Crippen MR) is 67.1 cm³/mol. The van der Waals surface area contributed by atoms with Gasteiger partial charge >= 0.3 is 0 Å². The van der Waals surface area contributed by atoms with Gasteiger partial charge in [0.15, 0.2) is 0 Å². The maximum atomic E-state index is 5.73. The molecule has 2 rings (SSSR count). The summed E-state index contributed by atoms with van der Waals surface area (Å²) in [6, 6.07) is 0.298. The summed E-state index contributed by atoms with van der Waals surface area (Å²) < 4.78 is 14.3. The van der Waals surface area contributed by atoms with Gasteiger partial charge in [-0.1, -0.05) is 6.92 Å². The molecule has 2 heterocycles. The van der Waals surface area contributed by atoms with Gasteiger partial charge < -0.3 is 14.4 Å². The number of aromatic nitrogens is 2. The van der Waals surface area contributed by atoms with Crippen LogP contribution in [0.2, 0.25) is 5.28 Å². The second-order valence-electron chi connectivity index (χ2n) is 3.74. The van der Waals surface area contributed by atoms with E-state index < -0.39 is 0 Å². The smallest absolute Gasteiger partial charge is 0.236 e. The van der Waals surface area contributed by atoms with Crippen LogP contribution in [0, 0.1) is 0 Å². The van der Waals surface area contributed by atoms with Crippen LogP contribution in [0.25, 0.3) is 0 Å². The Balaban J connectivity index is 2.01. The lowest BCUT2D eigenvalue weighted by atomic mass is 10.1. The number of anilines is 1. The lowest BCUT2D eigenvalue weighted by Crippen LogP contribution is -2.31. The minimum Gasteiger partial charge on any atom is -0.462 e. The van der Waals surface area contributed by atoms with Gasteiger partial charge in [-0.15, -0.1) is 0 Å². The van der Waals surface area contributed by atoms with Crippen LogP contribution in [0.15, 0.2) is 12.0 Å². The third kappa shape index (κ3) is 3.01. The highest BCUT2D eigenvalue weighted by molar-refractivity contribution is 7.10. The highest BCUT2D eigenvalue weighted by Gasteiger charge is 2.20. The SMILES string of the molecule is CCC(CC1=COCO1)N(C)c1nc(Cl)ns1. The monoisotopic (exact) mass is 275 g/mol. The van der Waals surface area contributed by atoms with Gasteiger partial charge in [0.2, 0.25) is 17.2 Å². The van der Waals surface area contributed by atoms with Crippen molar-refractivity contribution in [3.63, 3.8) is 0 Å². The molecule has 1 unspecified atom stereocenters. The molecule has 0 N–H and O–H groups in total.